The Bertz CT molecular complexity index is 936. The van der Waals surface area contributed by atoms with Gasteiger partial charge in [-0.3, -0.25) is 4.79 Å². The number of nitrogens with one attached hydrogen (secondary N) is 2. The highest BCUT2D eigenvalue weighted by atomic mass is 35.5. The van der Waals surface area contributed by atoms with E-state index in [2.05, 4.69) is 20.6 Å². The first-order chi connectivity index (χ1) is 12.9. The molecule has 1 aromatic heterocycles. The molecule has 0 bridgehead atoms. The van der Waals surface area contributed by atoms with E-state index in [1.54, 1.807) is 18.2 Å². The molecule has 7 heteroatoms. The maximum Gasteiger partial charge on any atom is 0.258 e. The molecule has 0 atom stereocenters. The van der Waals surface area contributed by atoms with Crippen LogP contribution in [-0.4, -0.2) is 15.9 Å². The van der Waals surface area contributed by atoms with Crippen molar-refractivity contribution >= 4 is 29.1 Å². The van der Waals surface area contributed by atoms with E-state index >= 15 is 0 Å². The van der Waals surface area contributed by atoms with Crippen molar-refractivity contribution in [2.75, 3.05) is 10.6 Å². The van der Waals surface area contributed by atoms with Crippen molar-refractivity contribution in [1.82, 2.24) is 9.97 Å². The van der Waals surface area contributed by atoms with Gasteiger partial charge >= 0.3 is 0 Å². The van der Waals surface area contributed by atoms with E-state index in [4.69, 9.17) is 11.6 Å². The standard InChI is InChI=1S/C20H18ClFN4O/c1-12-7-13(2)18(17(21)8-12)26-19(27)15-10-24-20(25-11-15)23-9-14-3-5-16(22)6-4-14/h3-8,10-11H,9H2,1-2H3,(H,26,27)(H,23,24,25). The van der Waals surface area contributed by atoms with Gasteiger partial charge in [-0.15, -0.1) is 0 Å². The maximum atomic E-state index is 12.9. The zero-order valence-corrected chi connectivity index (χ0v) is 15.6. The fourth-order valence-corrected chi connectivity index (χ4v) is 2.95. The Kier molecular flexibility index (Phi) is 5.66. The molecular formula is C20H18ClFN4O. The lowest BCUT2D eigenvalue weighted by molar-refractivity contribution is 0.102. The van der Waals surface area contributed by atoms with Crippen molar-refractivity contribution in [2.24, 2.45) is 0 Å². The van der Waals surface area contributed by atoms with E-state index in [1.165, 1.54) is 24.5 Å². The number of hydrogen-bond acceptors (Lipinski definition) is 4. The SMILES string of the molecule is Cc1cc(C)c(NC(=O)c2cnc(NCc3ccc(F)cc3)nc2)c(Cl)c1. The first-order valence-electron chi connectivity index (χ1n) is 8.31. The molecule has 0 saturated heterocycles. The number of rotatable bonds is 5. The van der Waals surface area contributed by atoms with Gasteiger partial charge in [0.15, 0.2) is 0 Å². The number of carbonyl (C=O) groups excluding carboxylic acids is 1. The summed E-state index contributed by atoms with van der Waals surface area (Å²) in [5.41, 5.74) is 3.69. The van der Waals surface area contributed by atoms with Crippen molar-refractivity contribution in [3.8, 4) is 0 Å². The first-order valence-corrected chi connectivity index (χ1v) is 8.68. The Labute approximate surface area is 161 Å². The molecule has 2 N–H and O–H groups in total. The van der Waals surface area contributed by atoms with Crippen LogP contribution in [0.5, 0.6) is 0 Å². The van der Waals surface area contributed by atoms with E-state index in [-0.39, 0.29) is 11.7 Å². The number of halogens is 2. The predicted molar refractivity (Wildman–Crippen MR) is 105 cm³/mol. The maximum absolute atomic E-state index is 12.9. The zero-order chi connectivity index (χ0) is 19.4. The number of carbonyl (C=O) groups is 1. The summed E-state index contributed by atoms with van der Waals surface area (Å²) in [6, 6.07) is 9.88. The second kappa shape index (κ2) is 8.14. The van der Waals surface area contributed by atoms with Crippen molar-refractivity contribution in [2.45, 2.75) is 20.4 Å². The van der Waals surface area contributed by atoms with Gasteiger partial charge in [-0.1, -0.05) is 29.8 Å². The average Bonchev–Trinajstić information content (AvgIpc) is 2.64. The van der Waals surface area contributed by atoms with Gasteiger partial charge in [-0.05, 0) is 48.7 Å². The van der Waals surface area contributed by atoms with Crippen molar-refractivity contribution in [1.29, 1.82) is 0 Å². The van der Waals surface area contributed by atoms with E-state index in [1.807, 2.05) is 19.9 Å². The zero-order valence-electron chi connectivity index (χ0n) is 14.9. The quantitative estimate of drug-likeness (QED) is 0.666. The van der Waals surface area contributed by atoms with Crippen LogP contribution in [0.15, 0.2) is 48.8 Å². The van der Waals surface area contributed by atoms with Crippen molar-refractivity contribution in [3.05, 3.63) is 81.9 Å². The third-order valence-electron chi connectivity index (χ3n) is 3.95. The molecule has 0 unspecified atom stereocenters. The lowest BCUT2D eigenvalue weighted by Crippen LogP contribution is -2.14. The van der Waals surface area contributed by atoms with E-state index < -0.39 is 0 Å². The number of amides is 1. The summed E-state index contributed by atoms with van der Waals surface area (Å²) in [7, 11) is 0. The second-order valence-corrected chi connectivity index (χ2v) is 6.58. The summed E-state index contributed by atoms with van der Waals surface area (Å²) < 4.78 is 12.9. The monoisotopic (exact) mass is 384 g/mol. The Morgan fingerprint density at radius 2 is 1.78 bits per heavy atom. The lowest BCUT2D eigenvalue weighted by atomic mass is 10.1. The lowest BCUT2D eigenvalue weighted by Gasteiger charge is -2.11. The van der Waals surface area contributed by atoms with Crippen LogP contribution >= 0.6 is 11.6 Å². The number of hydrogen-bond donors (Lipinski definition) is 2. The fourth-order valence-electron chi connectivity index (χ4n) is 2.58. The van der Waals surface area contributed by atoms with Crippen LogP contribution in [0.25, 0.3) is 0 Å². The van der Waals surface area contributed by atoms with Crippen LogP contribution in [0.1, 0.15) is 27.0 Å². The van der Waals surface area contributed by atoms with Gasteiger partial charge in [0.2, 0.25) is 5.95 Å². The van der Waals surface area contributed by atoms with Crippen LogP contribution in [0, 0.1) is 19.7 Å². The van der Waals surface area contributed by atoms with E-state index in [9.17, 15) is 9.18 Å². The second-order valence-electron chi connectivity index (χ2n) is 6.17. The molecule has 0 saturated carbocycles. The topological polar surface area (TPSA) is 66.9 Å². The number of aromatic nitrogens is 2. The van der Waals surface area contributed by atoms with Gasteiger partial charge in [-0.25, -0.2) is 14.4 Å². The largest absolute Gasteiger partial charge is 0.350 e. The summed E-state index contributed by atoms with van der Waals surface area (Å²) >= 11 is 6.22. The summed E-state index contributed by atoms with van der Waals surface area (Å²) in [4.78, 5) is 20.7. The number of anilines is 2. The summed E-state index contributed by atoms with van der Waals surface area (Å²) in [5.74, 6) is -0.247. The van der Waals surface area contributed by atoms with Crippen LogP contribution < -0.4 is 10.6 Å². The van der Waals surface area contributed by atoms with Crippen molar-refractivity contribution < 1.29 is 9.18 Å². The minimum Gasteiger partial charge on any atom is -0.350 e. The van der Waals surface area contributed by atoms with Gasteiger partial charge in [0.1, 0.15) is 5.82 Å². The molecule has 3 rings (SSSR count). The van der Waals surface area contributed by atoms with Gasteiger partial charge in [0.05, 0.1) is 16.3 Å². The molecule has 1 heterocycles. The molecule has 2 aromatic carbocycles. The molecule has 3 aromatic rings. The highest BCUT2D eigenvalue weighted by molar-refractivity contribution is 6.34. The van der Waals surface area contributed by atoms with Crippen molar-refractivity contribution in [3.63, 3.8) is 0 Å². The number of benzene rings is 2. The minimum atomic E-state index is -0.339. The summed E-state index contributed by atoms with van der Waals surface area (Å²) in [5, 5.41) is 6.31. The Balaban J connectivity index is 1.64. The minimum absolute atomic E-state index is 0.283. The van der Waals surface area contributed by atoms with Crippen LogP contribution in [0.2, 0.25) is 5.02 Å². The highest BCUT2D eigenvalue weighted by Gasteiger charge is 2.12. The highest BCUT2D eigenvalue weighted by Crippen LogP contribution is 2.27. The third kappa shape index (κ3) is 4.80. The molecule has 0 aliphatic rings. The summed E-state index contributed by atoms with van der Waals surface area (Å²) in [6.07, 6.45) is 2.87. The van der Waals surface area contributed by atoms with Gasteiger partial charge in [-0.2, -0.15) is 0 Å². The Morgan fingerprint density at radius 1 is 1.11 bits per heavy atom. The van der Waals surface area contributed by atoms with Crippen LogP contribution in [0.4, 0.5) is 16.0 Å². The molecule has 0 fully saturated rings. The summed E-state index contributed by atoms with van der Waals surface area (Å²) in [6.45, 7) is 4.27. The smallest absolute Gasteiger partial charge is 0.258 e. The van der Waals surface area contributed by atoms with E-state index in [0.717, 1.165) is 16.7 Å². The van der Waals surface area contributed by atoms with Crippen LogP contribution in [0.3, 0.4) is 0 Å². The molecule has 0 radical (unpaired) electrons. The van der Waals surface area contributed by atoms with Gasteiger partial charge < -0.3 is 10.6 Å². The molecule has 1 amide bonds. The molecule has 0 aliphatic heterocycles. The fraction of sp³-hybridized carbons (Fsp3) is 0.150. The Morgan fingerprint density at radius 3 is 2.41 bits per heavy atom. The molecule has 5 nitrogen and oxygen atoms in total. The number of aryl methyl sites for hydroxylation is 2. The molecule has 0 spiro atoms. The van der Waals surface area contributed by atoms with Gasteiger partial charge in [0, 0.05) is 18.9 Å². The predicted octanol–water partition coefficient (Wildman–Crippen LogP) is 4.75. The van der Waals surface area contributed by atoms with E-state index in [0.29, 0.717) is 28.8 Å². The van der Waals surface area contributed by atoms with Gasteiger partial charge in [0.25, 0.3) is 5.91 Å². The van der Waals surface area contributed by atoms with Crippen LogP contribution in [-0.2, 0) is 6.54 Å². The molecule has 0 aliphatic carbocycles. The molecular weight excluding hydrogens is 367 g/mol. The molecule has 27 heavy (non-hydrogen) atoms. The number of nitrogens with zero attached hydrogens (tertiary/aromatic N) is 2. The first kappa shape index (κ1) is 18.8. The third-order valence-corrected chi connectivity index (χ3v) is 4.25. The normalized spacial score (nSPS) is 10.5. The average molecular weight is 385 g/mol. The molecule has 138 valence electrons. The Hall–Kier alpha value is -2.99.